The molecule has 0 amide bonds. The minimum atomic E-state index is -0.774. The van der Waals surface area contributed by atoms with Crippen molar-refractivity contribution in [1.82, 2.24) is 0 Å². The minimum absolute atomic E-state index is 0.121. The first-order valence-electron chi connectivity index (χ1n) is 6.42. The molecule has 1 atom stereocenters. The van der Waals surface area contributed by atoms with Crippen LogP contribution in [0.2, 0.25) is 5.02 Å². The Labute approximate surface area is 128 Å². The van der Waals surface area contributed by atoms with Gasteiger partial charge in [-0.25, -0.2) is 0 Å². The molecule has 0 aliphatic rings. The normalized spacial score (nSPS) is 11.8. The largest absolute Gasteiger partial charge is 0.493 e. The van der Waals surface area contributed by atoms with Gasteiger partial charge in [-0.3, -0.25) is 0 Å². The number of halogens is 1. The van der Waals surface area contributed by atoms with Crippen LogP contribution in [0.25, 0.3) is 0 Å². The van der Waals surface area contributed by atoms with E-state index in [1.165, 1.54) is 0 Å². The summed E-state index contributed by atoms with van der Waals surface area (Å²) >= 11 is 5.88. The van der Waals surface area contributed by atoms with Gasteiger partial charge in [0.2, 0.25) is 0 Å². The van der Waals surface area contributed by atoms with Crippen molar-refractivity contribution in [3.63, 3.8) is 0 Å². The molecule has 0 heterocycles. The van der Waals surface area contributed by atoms with Crippen LogP contribution in [0.4, 0.5) is 0 Å². The molecule has 112 valence electrons. The van der Waals surface area contributed by atoms with Gasteiger partial charge in [0.05, 0.1) is 14.2 Å². The average Bonchev–Trinajstić information content (AvgIpc) is 2.52. The summed E-state index contributed by atoms with van der Waals surface area (Å²) in [5.41, 5.74) is 0.690. The van der Waals surface area contributed by atoms with E-state index in [4.69, 9.17) is 25.8 Å². The second-order valence-corrected chi connectivity index (χ2v) is 4.84. The number of methoxy groups -OCH3 is 2. The van der Waals surface area contributed by atoms with Gasteiger partial charge in [0.25, 0.3) is 0 Å². The molecule has 2 rings (SSSR count). The predicted octanol–water partition coefficient (Wildman–Crippen LogP) is 3.47. The number of aliphatic hydroxyl groups excluding tert-OH is 1. The summed E-state index contributed by atoms with van der Waals surface area (Å²) in [6.07, 6.45) is -0.774. The Hall–Kier alpha value is -1.91. The van der Waals surface area contributed by atoms with Crippen molar-refractivity contribution in [2.24, 2.45) is 0 Å². The van der Waals surface area contributed by atoms with Crippen LogP contribution in [0.1, 0.15) is 11.7 Å². The first-order valence-corrected chi connectivity index (χ1v) is 6.80. The molecule has 0 saturated heterocycles. The zero-order valence-electron chi connectivity index (χ0n) is 11.9. The van der Waals surface area contributed by atoms with E-state index >= 15 is 0 Å². The van der Waals surface area contributed by atoms with Crippen LogP contribution in [-0.2, 0) is 0 Å². The molecule has 21 heavy (non-hydrogen) atoms. The second kappa shape index (κ2) is 7.20. The van der Waals surface area contributed by atoms with Crippen LogP contribution >= 0.6 is 11.6 Å². The third-order valence-corrected chi connectivity index (χ3v) is 3.23. The molecule has 1 N–H and O–H groups in total. The molecule has 2 aromatic carbocycles. The van der Waals surface area contributed by atoms with Crippen LogP contribution < -0.4 is 14.2 Å². The molecule has 1 unspecified atom stereocenters. The van der Waals surface area contributed by atoms with Crippen LogP contribution in [0.3, 0.4) is 0 Å². The zero-order chi connectivity index (χ0) is 15.2. The number of hydrogen-bond donors (Lipinski definition) is 1. The Morgan fingerprint density at radius 2 is 1.81 bits per heavy atom. The van der Waals surface area contributed by atoms with Crippen molar-refractivity contribution in [2.75, 3.05) is 20.8 Å². The Morgan fingerprint density at radius 1 is 1.05 bits per heavy atom. The fraction of sp³-hybridized carbons (Fsp3) is 0.250. The molecule has 4 nitrogen and oxygen atoms in total. The molecule has 0 aliphatic carbocycles. The van der Waals surface area contributed by atoms with E-state index in [2.05, 4.69) is 0 Å². The van der Waals surface area contributed by atoms with Gasteiger partial charge < -0.3 is 19.3 Å². The summed E-state index contributed by atoms with van der Waals surface area (Å²) < 4.78 is 15.9. The third kappa shape index (κ3) is 4.03. The summed E-state index contributed by atoms with van der Waals surface area (Å²) in [6.45, 7) is 0.121. The van der Waals surface area contributed by atoms with E-state index in [0.29, 0.717) is 27.8 Å². The monoisotopic (exact) mass is 308 g/mol. The number of ether oxygens (including phenoxy) is 3. The first kappa shape index (κ1) is 15.5. The number of rotatable bonds is 6. The fourth-order valence-electron chi connectivity index (χ4n) is 1.89. The van der Waals surface area contributed by atoms with E-state index in [-0.39, 0.29) is 6.61 Å². The SMILES string of the molecule is COc1ccc(C(O)COc2cccc(Cl)c2)cc1OC. The van der Waals surface area contributed by atoms with E-state index in [0.717, 1.165) is 0 Å². The lowest BCUT2D eigenvalue weighted by Crippen LogP contribution is -2.10. The zero-order valence-corrected chi connectivity index (χ0v) is 12.6. The number of aliphatic hydroxyl groups is 1. The molecule has 0 radical (unpaired) electrons. The molecule has 0 aromatic heterocycles. The van der Waals surface area contributed by atoms with Gasteiger partial charge in [-0.15, -0.1) is 0 Å². The molecular formula is C16H17ClO4. The van der Waals surface area contributed by atoms with E-state index in [1.807, 2.05) is 0 Å². The molecule has 0 fully saturated rings. The Balaban J connectivity index is 2.04. The Kier molecular flexibility index (Phi) is 5.31. The fourth-order valence-corrected chi connectivity index (χ4v) is 2.07. The molecule has 0 bridgehead atoms. The van der Waals surface area contributed by atoms with Gasteiger partial charge in [0.15, 0.2) is 11.5 Å². The standard InChI is InChI=1S/C16H17ClO4/c1-19-15-7-6-11(8-16(15)20-2)14(18)10-21-13-5-3-4-12(17)9-13/h3-9,14,18H,10H2,1-2H3. The maximum absolute atomic E-state index is 10.2. The Morgan fingerprint density at radius 3 is 2.48 bits per heavy atom. The predicted molar refractivity (Wildman–Crippen MR) is 81.5 cm³/mol. The van der Waals surface area contributed by atoms with Crippen molar-refractivity contribution >= 4 is 11.6 Å². The van der Waals surface area contributed by atoms with E-state index in [1.54, 1.807) is 56.7 Å². The van der Waals surface area contributed by atoms with Crippen molar-refractivity contribution < 1.29 is 19.3 Å². The summed E-state index contributed by atoms with van der Waals surface area (Å²) in [6, 6.07) is 12.3. The lowest BCUT2D eigenvalue weighted by atomic mass is 10.1. The summed E-state index contributed by atoms with van der Waals surface area (Å²) in [5, 5.41) is 10.8. The average molecular weight is 309 g/mol. The van der Waals surface area contributed by atoms with Gasteiger partial charge >= 0.3 is 0 Å². The minimum Gasteiger partial charge on any atom is -0.493 e. The maximum Gasteiger partial charge on any atom is 0.161 e. The van der Waals surface area contributed by atoms with Gasteiger partial charge in [-0.05, 0) is 35.9 Å². The van der Waals surface area contributed by atoms with Crippen LogP contribution in [0.5, 0.6) is 17.2 Å². The van der Waals surface area contributed by atoms with Gasteiger partial charge in [0, 0.05) is 5.02 Å². The molecule has 2 aromatic rings. The third-order valence-electron chi connectivity index (χ3n) is 3.00. The lowest BCUT2D eigenvalue weighted by molar-refractivity contribution is 0.108. The molecule has 5 heteroatoms. The van der Waals surface area contributed by atoms with Gasteiger partial charge in [0.1, 0.15) is 18.5 Å². The summed E-state index contributed by atoms with van der Waals surface area (Å²) in [4.78, 5) is 0. The highest BCUT2D eigenvalue weighted by Gasteiger charge is 2.12. The van der Waals surface area contributed by atoms with E-state index in [9.17, 15) is 5.11 Å². The quantitative estimate of drug-likeness (QED) is 0.887. The maximum atomic E-state index is 10.2. The van der Waals surface area contributed by atoms with Gasteiger partial charge in [-0.2, -0.15) is 0 Å². The summed E-state index contributed by atoms with van der Waals surface area (Å²) in [7, 11) is 3.12. The topological polar surface area (TPSA) is 47.9 Å². The van der Waals surface area contributed by atoms with Crippen LogP contribution in [0, 0.1) is 0 Å². The smallest absolute Gasteiger partial charge is 0.161 e. The molecular weight excluding hydrogens is 292 g/mol. The first-order chi connectivity index (χ1) is 10.1. The highest BCUT2D eigenvalue weighted by Crippen LogP contribution is 2.30. The number of benzene rings is 2. The van der Waals surface area contributed by atoms with Crippen LogP contribution in [0.15, 0.2) is 42.5 Å². The van der Waals surface area contributed by atoms with Crippen LogP contribution in [-0.4, -0.2) is 25.9 Å². The lowest BCUT2D eigenvalue weighted by Gasteiger charge is -2.15. The van der Waals surface area contributed by atoms with Crippen molar-refractivity contribution in [1.29, 1.82) is 0 Å². The molecule has 0 saturated carbocycles. The van der Waals surface area contributed by atoms with Crippen molar-refractivity contribution in [2.45, 2.75) is 6.10 Å². The second-order valence-electron chi connectivity index (χ2n) is 4.40. The van der Waals surface area contributed by atoms with E-state index < -0.39 is 6.10 Å². The summed E-state index contributed by atoms with van der Waals surface area (Å²) in [5.74, 6) is 1.79. The highest BCUT2D eigenvalue weighted by atomic mass is 35.5. The van der Waals surface area contributed by atoms with Gasteiger partial charge in [-0.1, -0.05) is 23.7 Å². The Bertz CT molecular complexity index is 601. The van der Waals surface area contributed by atoms with Crippen molar-refractivity contribution in [3.8, 4) is 17.2 Å². The highest BCUT2D eigenvalue weighted by molar-refractivity contribution is 6.30. The molecule has 0 spiro atoms. The molecule has 0 aliphatic heterocycles. The van der Waals surface area contributed by atoms with Crippen molar-refractivity contribution in [3.05, 3.63) is 53.1 Å². The number of hydrogen-bond acceptors (Lipinski definition) is 4.